The first kappa shape index (κ1) is 38.5. The number of H-pyrrole nitrogens is 1. The second-order valence-corrected chi connectivity index (χ2v) is 12.9. The van der Waals surface area contributed by atoms with Crippen molar-refractivity contribution in [2.45, 2.75) is 65.3 Å². The van der Waals surface area contributed by atoms with E-state index in [-0.39, 0.29) is 12.8 Å². The third-order valence-electron chi connectivity index (χ3n) is 7.87. The van der Waals surface area contributed by atoms with Gasteiger partial charge in [-0.1, -0.05) is 54.0 Å². The number of nitrogens with one attached hydrogen (secondary N) is 1. The Morgan fingerprint density at radius 3 is 2.15 bits per heavy atom. The minimum Gasteiger partial charge on any atom is -0.481 e. The van der Waals surface area contributed by atoms with Gasteiger partial charge < -0.3 is 14.9 Å². The van der Waals surface area contributed by atoms with Gasteiger partial charge in [0, 0.05) is 50.1 Å². The molecule has 15 heteroatoms. The highest BCUT2D eigenvalue weighted by atomic mass is 32.1. The second-order valence-electron chi connectivity index (χ2n) is 11.9. The Bertz CT molecular complexity index is 2310. The number of aromatic amines is 1. The highest BCUT2D eigenvalue weighted by Gasteiger charge is 2.25. The highest BCUT2D eigenvalue weighted by Crippen LogP contribution is 2.36. The van der Waals surface area contributed by atoms with Gasteiger partial charge in [-0.15, -0.1) is 34.4 Å². The molecular weight excluding hydrogens is 707 g/mol. The van der Waals surface area contributed by atoms with Gasteiger partial charge in [0.2, 0.25) is 0 Å². The maximum absolute atomic E-state index is 10.7. The SMILES string of the molecule is C#Cc1cn[nH]c1.C#Cc1cnn(CCCC(=O)O)c1.Cc1nnc2n1-c1sc(C#Cc3cnn(CCCC(=O)O)c3)c(Cc3ccccc3)c1COC2. The summed E-state index contributed by atoms with van der Waals surface area (Å²) in [6, 6.07) is 10.3. The molecule has 0 amide bonds. The summed E-state index contributed by atoms with van der Waals surface area (Å²) >= 11 is 1.64. The summed E-state index contributed by atoms with van der Waals surface area (Å²) in [4.78, 5) is 21.9. The third-order valence-corrected chi connectivity index (χ3v) is 9.04. The standard InChI is InChI=1S/C25H23N5O3S.C9H10N2O2.C5H4N2/c1-17-27-28-23-16-33-15-21-20(12-18-6-3-2-4-7-18)22(34-25(21)30(17)23)10-9-19-13-26-29(14-19)11-5-8-24(31)32;1-2-8-6-10-11(7-8)5-3-4-9(12)13;1-2-5-3-6-7-4-5/h2-4,6-7,13-14H,5,8,11-12,15-16H2,1H3,(H,31,32);1,6-7H,3-5H2,(H,12,13);1,3-4H,(H,6,7). The lowest BCUT2D eigenvalue weighted by molar-refractivity contribution is -0.138. The van der Waals surface area contributed by atoms with Crippen molar-refractivity contribution in [2.24, 2.45) is 0 Å². The molecule has 5 aromatic heterocycles. The van der Waals surface area contributed by atoms with Crippen LogP contribution in [0, 0.1) is 43.5 Å². The van der Waals surface area contributed by atoms with Crippen molar-refractivity contribution in [1.82, 2.24) is 44.5 Å². The summed E-state index contributed by atoms with van der Waals surface area (Å²) in [5.41, 5.74) is 5.80. The van der Waals surface area contributed by atoms with E-state index in [0.29, 0.717) is 39.1 Å². The quantitative estimate of drug-likeness (QED) is 0.165. The first-order chi connectivity index (χ1) is 26.2. The van der Waals surface area contributed by atoms with E-state index in [4.69, 9.17) is 27.8 Å². The van der Waals surface area contributed by atoms with E-state index in [1.165, 1.54) is 5.56 Å². The summed E-state index contributed by atoms with van der Waals surface area (Å²) in [6.45, 7) is 4.02. The van der Waals surface area contributed by atoms with Crippen molar-refractivity contribution in [2.75, 3.05) is 0 Å². The number of aryl methyl sites for hydroxylation is 3. The lowest BCUT2D eigenvalue weighted by Gasteiger charge is -2.06. The van der Waals surface area contributed by atoms with Crippen molar-refractivity contribution in [3.8, 4) is 41.5 Å². The average molecular weight is 744 g/mol. The number of aromatic nitrogens is 9. The van der Waals surface area contributed by atoms with Crippen LogP contribution in [0.4, 0.5) is 0 Å². The van der Waals surface area contributed by atoms with E-state index in [9.17, 15) is 9.59 Å². The zero-order valence-corrected chi connectivity index (χ0v) is 30.3. The molecule has 6 heterocycles. The largest absolute Gasteiger partial charge is 0.481 e. The van der Waals surface area contributed by atoms with Crippen LogP contribution in [0.3, 0.4) is 0 Å². The number of fused-ring (bicyclic) bond motifs is 3. The summed E-state index contributed by atoms with van der Waals surface area (Å²) in [6.07, 6.45) is 22.4. The molecule has 0 aliphatic carbocycles. The molecule has 6 aromatic rings. The Labute approximate surface area is 315 Å². The normalized spacial score (nSPS) is 11.1. The molecule has 0 unspecified atom stereocenters. The van der Waals surface area contributed by atoms with Gasteiger partial charge in [0.05, 0.1) is 46.8 Å². The number of carbonyl (C=O) groups is 2. The Morgan fingerprint density at radius 2 is 1.56 bits per heavy atom. The maximum atomic E-state index is 10.7. The zero-order valence-electron chi connectivity index (χ0n) is 29.5. The molecule has 54 heavy (non-hydrogen) atoms. The summed E-state index contributed by atoms with van der Waals surface area (Å²) in [7, 11) is 0. The molecule has 0 fully saturated rings. The Morgan fingerprint density at radius 1 is 0.889 bits per heavy atom. The van der Waals surface area contributed by atoms with Crippen LogP contribution in [0.1, 0.15) is 75.6 Å². The molecule has 0 spiro atoms. The highest BCUT2D eigenvalue weighted by molar-refractivity contribution is 7.15. The van der Waals surface area contributed by atoms with Gasteiger partial charge in [-0.25, -0.2) is 0 Å². The molecule has 0 saturated heterocycles. The van der Waals surface area contributed by atoms with Crippen LogP contribution in [0.2, 0.25) is 0 Å². The number of carboxylic acid groups (broad SMARTS) is 2. The van der Waals surface area contributed by atoms with Crippen molar-refractivity contribution >= 4 is 23.3 Å². The van der Waals surface area contributed by atoms with Crippen molar-refractivity contribution in [3.05, 3.63) is 117 Å². The molecular formula is C39H37N9O5S. The number of ether oxygens (including phenoxy) is 1. The average Bonchev–Trinajstić information content (AvgIpc) is 4.01. The molecule has 7 rings (SSSR count). The van der Waals surface area contributed by atoms with Gasteiger partial charge in [-0.2, -0.15) is 15.3 Å². The van der Waals surface area contributed by atoms with E-state index < -0.39 is 11.9 Å². The van der Waals surface area contributed by atoms with Crippen LogP contribution in [0.5, 0.6) is 0 Å². The fourth-order valence-corrected chi connectivity index (χ4v) is 6.51. The summed E-state index contributed by atoms with van der Waals surface area (Å²) in [5.74, 6) is 11.5. The minimum atomic E-state index is -0.800. The first-order valence-corrected chi connectivity index (χ1v) is 17.7. The van der Waals surface area contributed by atoms with E-state index in [0.717, 1.165) is 55.8 Å². The Hall–Kier alpha value is -6.73. The number of rotatable bonds is 10. The van der Waals surface area contributed by atoms with Crippen LogP contribution in [0.15, 0.2) is 67.5 Å². The van der Waals surface area contributed by atoms with Crippen molar-refractivity contribution in [3.63, 3.8) is 0 Å². The number of carboxylic acids is 2. The van der Waals surface area contributed by atoms with Crippen molar-refractivity contribution in [1.29, 1.82) is 0 Å². The van der Waals surface area contributed by atoms with Gasteiger partial charge in [-0.3, -0.25) is 28.6 Å². The van der Waals surface area contributed by atoms with E-state index in [1.807, 2.05) is 31.3 Å². The Balaban J connectivity index is 0.000000229. The van der Waals surface area contributed by atoms with Crippen LogP contribution in [-0.2, 0) is 47.1 Å². The number of thiophene rings is 1. The fourth-order valence-electron chi connectivity index (χ4n) is 5.27. The maximum Gasteiger partial charge on any atom is 0.303 e. The van der Waals surface area contributed by atoms with Crippen molar-refractivity contribution < 1.29 is 24.5 Å². The van der Waals surface area contributed by atoms with Crippen LogP contribution < -0.4 is 0 Å². The zero-order chi connectivity index (χ0) is 38.3. The predicted molar refractivity (Wildman–Crippen MR) is 200 cm³/mol. The number of hydrogen-bond acceptors (Lipinski definition) is 9. The molecule has 0 radical (unpaired) electrons. The van der Waals surface area contributed by atoms with Gasteiger partial charge in [-0.05, 0) is 37.3 Å². The molecule has 0 atom stereocenters. The lowest BCUT2D eigenvalue weighted by atomic mass is 10.0. The lowest BCUT2D eigenvalue weighted by Crippen LogP contribution is -2.01. The summed E-state index contributed by atoms with van der Waals surface area (Å²) in [5, 5.41) is 41.3. The molecule has 274 valence electrons. The monoisotopic (exact) mass is 743 g/mol. The number of nitrogens with zero attached hydrogens (tertiary/aromatic N) is 8. The Kier molecular flexibility index (Phi) is 13.7. The topological polar surface area (TPSA) is 179 Å². The molecule has 1 aromatic carbocycles. The molecule has 1 aliphatic heterocycles. The smallest absolute Gasteiger partial charge is 0.303 e. The minimum absolute atomic E-state index is 0.122. The fraction of sp³-hybridized carbons (Fsp3) is 0.256. The van der Waals surface area contributed by atoms with Gasteiger partial charge in [0.1, 0.15) is 17.4 Å². The molecule has 0 bridgehead atoms. The number of aliphatic carboxylic acids is 2. The van der Waals surface area contributed by atoms with Gasteiger partial charge in [0.25, 0.3) is 0 Å². The summed E-state index contributed by atoms with van der Waals surface area (Å²) < 4.78 is 11.4. The number of benzene rings is 1. The van der Waals surface area contributed by atoms with Crippen LogP contribution in [-0.4, -0.2) is 66.7 Å². The van der Waals surface area contributed by atoms with Gasteiger partial charge >= 0.3 is 11.9 Å². The van der Waals surface area contributed by atoms with E-state index >= 15 is 0 Å². The molecule has 14 nitrogen and oxygen atoms in total. The van der Waals surface area contributed by atoms with Crippen LogP contribution >= 0.6 is 11.3 Å². The third kappa shape index (κ3) is 10.9. The van der Waals surface area contributed by atoms with E-state index in [2.05, 4.69) is 71.0 Å². The molecule has 0 saturated carbocycles. The first-order valence-electron chi connectivity index (χ1n) is 16.8. The number of terminal acetylenes is 2. The van der Waals surface area contributed by atoms with E-state index in [1.54, 1.807) is 51.7 Å². The van der Waals surface area contributed by atoms with Gasteiger partial charge in [0.15, 0.2) is 5.82 Å². The van der Waals surface area contributed by atoms with Crippen LogP contribution in [0.25, 0.3) is 5.00 Å². The molecule has 3 N–H and O–H groups in total. The molecule has 1 aliphatic rings. The predicted octanol–water partition coefficient (Wildman–Crippen LogP) is 4.84. The number of hydrogen-bond donors (Lipinski definition) is 3. The second kappa shape index (κ2) is 19.2.